The number of hydrogen-bond acceptors (Lipinski definition) is 5. The summed E-state index contributed by atoms with van der Waals surface area (Å²) in [6.07, 6.45) is 57.6. The number of phosphoric acid groups is 1. The molecule has 0 spiro atoms. The van der Waals surface area contributed by atoms with Gasteiger partial charge in [0.25, 0.3) is 0 Å². The highest BCUT2D eigenvalue weighted by Crippen LogP contribution is 2.43. The van der Waals surface area contributed by atoms with Crippen LogP contribution in [0.2, 0.25) is 0 Å². The molecule has 3 unspecified atom stereocenters. The molecule has 0 radical (unpaired) electrons. The van der Waals surface area contributed by atoms with Crippen LogP contribution >= 0.6 is 7.82 Å². The number of nitrogens with one attached hydrogen (secondary N) is 1. The van der Waals surface area contributed by atoms with Gasteiger partial charge < -0.3 is 19.8 Å². The van der Waals surface area contributed by atoms with Crippen molar-refractivity contribution >= 4 is 13.7 Å². The highest BCUT2D eigenvalue weighted by atomic mass is 31.2. The lowest BCUT2D eigenvalue weighted by Gasteiger charge is -2.25. The van der Waals surface area contributed by atoms with E-state index in [0.717, 1.165) is 51.4 Å². The Labute approximate surface area is 384 Å². The third-order valence-electron chi connectivity index (χ3n) is 11.5. The molecule has 0 bridgehead atoms. The lowest BCUT2D eigenvalue weighted by Crippen LogP contribution is -2.45. The molecule has 3 N–H and O–H groups in total. The molecule has 0 aliphatic carbocycles. The zero-order valence-electron chi connectivity index (χ0n) is 41.4. The zero-order chi connectivity index (χ0) is 45.7. The van der Waals surface area contributed by atoms with Crippen molar-refractivity contribution in [1.29, 1.82) is 0 Å². The molecule has 0 aromatic heterocycles. The van der Waals surface area contributed by atoms with E-state index < -0.39 is 20.0 Å². The SMILES string of the molecule is CCCCCCC/C=C\C/C=C\C/C=C\CCCCCCCCCCCCCCC(=O)NC(COP(=O)(O)OCC[N+](C)(C)C)C(O)/C=C/CCCCCCCCCCCCC. The number of aliphatic hydroxyl groups is 1. The summed E-state index contributed by atoms with van der Waals surface area (Å²) in [7, 11) is 1.57. The zero-order valence-corrected chi connectivity index (χ0v) is 42.3. The first-order valence-corrected chi connectivity index (χ1v) is 27.5. The Hall–Kier alpha value is -1.54. The Morgan fingerprint density at radius 2 is 0.919 bits per heavy atom. The average Bonchev–Trinajstić information content (AvgIpc) is 3.23. The molecule has 0 saturated heterocycles. The first-order valence-electron chi connectivity index (χ1n) is 26.0. The highest BCUT2D eigenvalue weighted by Gasteiger charge is 2.27. The Bertz CT molecular complexity index is 1150. The summed E-state index contributed by atoms with van der Waals surface area (Å²) in [5, 5.41) is 13.9. The van der Waals surface area contributed by atoms with E-state index in [-0.39, 0.29) is 19.1 Å². The Morgan fingerprint density at radius 3 is 1.34 bits per heavy atom. The third-order valence-corrected chi connectivity index (χ3v) is 12.5. The number of phosphoric ester groups is 1. The summed E-state index contributed by atoms with van der Waals surface area (Å²) in [5.41, 5.74) is 0. The topological polar surface area (TPSA) is 105 Å². The molecule has 0 saturated carbocycles. The summed E-state index contributed by atoms with van der Waals surface area (Å²) < 4.78 is 23.6. The maximum atomic E-state index is 12.9. The normalized spacial score (nSPS) is 14.5. The molecule has 9 heteroatoms. The van der Waals surface area contributed by atoms with Crippen LogP contribution in [0.15, 0.2) is 48.6 Å². The molecule has 0 rings (SSSR count). The van der Waals surface area contributed by atoms with E-state index >= 15 is 0 Å². The summed E-state index contributed by atoms with van der Waals surface area (Å²) >= 11 is 0. The molecular weight excluding hydrogens is 792 g/mol. The van der Waals surface area contributed by atoms with Crippen molar-refractivity contribution in [2.45, 2.75) is 244 Å². The van der Waals surface area contributed by atoms with Crippen LogP contribution < -0.4 is 5.32 Å². The van der Waals surface area contributed by atoms with Gasteiger partial charge in [0.05, 0.1) is 39.9 Å². The van der Waals surface area contributed by atoms with E-state index in [4.69, 9.17) is 9.05 Å². The molecule has 8 nitrogen and oxygen atoms in total. The van der Waals surface area contributed by atoms with Crippen LogP contribution in [0.1, 0.15) is 232 Å². The van der Waals surface area contributed by atoms with Gasteiger partial charge in [0.2, 0.25) is 5.91 Å². The van der Waals surface area contributed by atoms with Gasteiger partial charge in [-0.25, -0.2) is 4.57 Å². The number of nitrogens with zero attached hydrogens (tertiary/aromatic N) is 1. The average molecular weight is 894 g/mol. The summed E-state index contributed by atoms with van der Waals surface area (Å²) in [6.45, 7) is 4.80. The minimum absolute atomic E-state index is 0.0604. The van der Waals surface area contributed by atoms with Crippen molar-refractivity contribution in [2.75, 3.05) is 40.9 Å². The van der Waals surface area contributed by atoms with Crippen LogP contribution in [0.5, 0.6) is 0 Å². The van der Waals surface area contributed by atoms with Gasteiger partial charge in [-0.05, 0) is 57.8 Å². The Kier molecular flexibility index (Phi) is 43.5. The lowest BCUT2D eigenvalue weighted by molar-refractivity contribution is -0.870. The number of quaternary nitrogens is 1. The van der Waals surface area contributed by atoms with Crippen molar-refractivity contribution in [1.82, 2.24) is 5.32 Å². The van der Waals surface area contributed by atoms with Crippen LogP contribution in [-0.4, -0.2) is 73.4 Å². The molecule has 0 heterocycles. The van der Waals surface area contributed by atoms with Gasteiger partial charge in [-0.1, -0.05) is 217 Å². The molecule has 0 aromatic carbocycles. The molecular formula is C53H102N2O6P+. The molecule has 0 aliphatic heterocycles. The number of rotatable bonds is 47. The van der Waals surface area contributed by atoms with Crippen molar-refractivity contribution in [3.8, 4) is 0 Å². The van der Waals surface area contributed by atoms with Gasteiger partial charge in [0, 0.05) is 6.42 Å². The maximum absolute atomic E-state index is 12.9. The number of likely N-dealkylation sites (N-methyl/N-ethyl adjacent to an activating group) is 1. The summed E-state index contributed by atoms with van der Waals surface area (Å²) in [6, 6.07) is -0.847. The number of carbonyl (C=O) groups is 1. The first kappa shape index (κ1) is 60.5. The Balaban J connectivity index is 4.19. The van der Waals surface area contributed by atoms with Crippen molar-refractivity contribution in [3.05, 3.63) is 48.6 Å². The summed E-state index contributed by atoms with van der Waals surface area (Å²) in [4.78, 5) is 23.2. The largest absolute Gasteiger partial charge is 0.472 e. The van der Waals surface area contributed by atoms with Crippen LogP contribution in [0.25, 0.3) is 0 Å². The van der Waals surface area contributed by atoms with Crippen molar-refractivity contribution in [3.63, 3.8) is 0 Å². The predicted octanol–water partition coefficient (Wildman–Crippen LogP) is 15.2. The molecule has 364 valence electrons. The number of aliphatic hydroxyl groups excluding tert-OH is 1. The molecule has 0 fully saturated rings. The molecule has 1 amide bonds. The van der Waals surface area contributed by atoms with Crippen LogP contribution in [0.3, 0.4) is 0 Å². The van der Waals surface area contributed by atoms with Gasteiger partial charge in [-0.2, -0.15) is 0 Å². The molecule has 0 aromatic rings. The van der Waals surface area contributed by atoms with Crippen LogP contribution in [0, 0.1) is 0 Å². The molecule has 62 heavy (non-hydrogen) atoms. The molecule has 0 aliphatic rings. The van der Waals surface area contributed by atoms with Gasteiger partial charge in [-0.3, -0.25) is 13.8 Å². The fourth-order valence-corrected chi connectivity index (χ4v) is 8.14. The number of carbonyl (C=O) groups excluding carboxylic acids is 1. The maximum Gasteiger partial charge on any atom is 0.472 e. The second-order valence-corrected chi connectivity index (χ2v) is 20.4. The van der Waals surface area contributed by atoms with Crippen LogP contribution in [-0.2, 0) is 18.4 Å². The number of allylic oxidation sites excluding steroid dienone is 7. The van der Waals surface area contributed by atoms with E-state index in [9.17, 15) is 19.4 Å². The van der Waals surface area contributed by atoms with Crippen molar-refractivity contribution in [2.24, 2.45) is 0 Å². The first-order chi connectivity index (χ1) is 30.0. The quantitative estimate of drug-likeness (QED) is 0.0243. The predicted molar refractivity (Wildman–Crippen MR) is 267 cm³/mol. The second-order valence-electron chi connectivity index (χ2n) is 18.9. The fourth-order valence-electron chi connectivity index (χ4n) is 7.40. The minimum atomic E-state index is -4.34. The van der Waals surface area contributed by atoms with Gasteiger partial charge >= 0.3 is 7.82 Å². The molecule has 3 atom stereocenters. The van der Waals surface area contributed by atoms with Crippen LogP contribution in [0.4, 0.5) is 0 Å². The van der Waals surface area contributed by atoms with E-state index in [2.05, 4.69) is 55.6 Å². The standard InChI is InChI=1S/C53H101N2O6P/c1-6-8-10-12-14-16-18-20-21-22-23-24-25-26-27-28-29-30-31-32-33-35-37-39-41-43-45-47-53(57)54-51(50-61-62(58,59)60-49-48-55(3,4)5)52(56)46-44-42-40-38-36-34-19-17-15-13-11-9-7-2/h18,20,22-23,25-26,44,46,51-52,56H,6-17,19,21,24,27-43,45,47-50H2,1-5H3,(H-,54,57,58,59)/p+1/b20-18-,23-22-,26-25-,46-44+. The van der Waals surface area contributed by atoms with E-state index in [1.165, 1.54) is 161 Å². The monoisotopic (exact) mass is 894 g/mol. The summed E-state index contributed by atoms with van der Waals surface area (Å²) in [5.74, 6) is -0.180. The smallest absolute Gasteiger partial charge is 0.387 e. The Morgan fingerprint density at radius 1 is 0.548 bits per heavy atom. The number of amides is 1. The van der Waals surface area contributed by atoms with E-state index in [0.29, 0.717) is 17.4 Å². The van der Waals surface area contributed by atoms with Crippen molar-refractivity contribution < 1.29 is 32.9 Å². The third kappa shape index (κ3) is 46.5. The number of hydrogen-bond donors (Lipinski definition) is 3. The van der Waals surface area contributed by atoms with Gasteiger partial charge in [0.15, 0.2) is 0 Å². The van der Waals surface area contributed by atoms with Gasteiger partial charge in [-0.15, -0.1) is 0 Å². The highest BCUT2D eigenvalue weighted by molar-refractivity contribution is 7.47. The van der Waals surface area contributed by atoms with Gasteiger partial charge in [0.1, 0.15) is 13.2 Å². The number of unbranched alkanes of at least 4 members (excludes halogenated alkanes) is 28. The van der Waals surface area contributed by atoms with E-state index in [1.54, 1.807) is 6.08 Å². The minimum Gasteiger partial charge on any atom is -0.387 e. The van der Waals surface area contributed by atoms with E-state index in [1.807, 2.05) is 27.2 Å². The lowest BCUT2D eigenvalue weighted by atomic mass is 10.0. The fraction of sp³-hybridized carbons (Fsp3) is 0.830. The second kappa shape index (κ2) is 44.7.